The highest BCUT2D eigenvalue weighted by atomic mass is 35.5. The third-order valence-corrected chi connectivity index (χ3v) is 3.07. The third-order valence-electron chi connectivity index (χ3n) is 2.76. The second-order valence-corrected chi connectivity index (χ2v) is 4.33. The Morgan fingerprint density at radius 2 is 1.94 bits per heavy atom. The zero-order valence-electron chi connectivity index (χ0n) is 9.22. The Labute approximate surface area is 107 Å². The Morgan fingerprint density at radius 1 is 1.17 bits per heavy atom. The first-order valence-corrected chi connectivity index (χ1v) is 5.73. The number of aromatic nitrogens is 2. The Bertz CT molecular complexity index is 789. The van der Waals surface area contributed by atoms with Crippen molar-refractivity contribution in [2.24, 2.45) is 0 Å². The first kappa shape index (κ1) is 10.9. The third kappa shape index (κ3) is 1.58. The number of nitrogens with zero attached hydrogens (tertiary/aromatic N) is 1. The molecule has 0 aliphatic carbocycles. The van der Waals surface area contributed by atoms with Gasteiger partial charge in [0.05, 0.1) is 21.7 Å². The van der Waals surface area contributed by atoms with E-state index in [0.717, 1.165) is 0 Å². The van der Waals surface area contributed by atoms with Crippen LogP contribution in [0.2, 0.25) is 5.02 Å². The highest BCUT2D eigenvalue weighted by Crippen LogP contribution is 2.23. The van der Waals surface area contributed by atoms with Crippen molar-refractivity contribution < 1.29 is 5.11 Å². The van der Waals surface area contributed by atoms with Crippen LogP contribution in [0.1, 0.15) is 0 Å². The van der Waals surface area contributed by atoms with Gasteiger partial charge in [-0.2, -0.15) is 0 Å². The molecule has 0 saturated heterocycles. The quantitative estimate of drug-likeness (QED) is 0.707. The van der Waals surface area contributed by atoms with Crippen molar-refractivity contribution in [3.63, 3.8) is 0 Å². The van der Waals surface area contributed by atoms with Crippen LogP contribution >= 0.6 is 11.6 Å². The molecule has 0 radical (unpaired) electrons. The van der Waals surface area contributed by atoms with Crippen LogP contribution in [0.4, 0.5) is 0 Å². The van der Waals surface area contributed by atoms with Gasteiger partial charge in [0.25, 0.3) is 0 Å². The molecule has 1 aromatic heterocycles. The van der Waals surface area contributed by atoms with Crippen LogP contribution < -0.4 is 5.69 Å². The van der Waals surface area contributed by atoms with Crippen molar-refractivity contribution in [2.75, 3.05) is 0 Å². The highest BCUT2D eigenvalue weighted by molar-refractivity contribution is 6.34. The summed E-state index contributed by atoms with van der Waals surface area (Å²) in [5, 5.41) is 9.97. The lowest BCUT2D eigenvalue weighted by Gasteiger charge is -2.03. The number of nitrogens with one attached hydrogen (secondary N) is 1. The largest absolute Gasteiger partial charge is 0.508 e. The minimum atomic E-state index is -0.288. The molecule has 0 spiro atoms. The van der Waals surface area contributed by atoms with E-state index in [-0.39, 0.29) is 11.4 Å². The number of aromatic hydroxyl groups is 1. The summed E-state index contributed by atoms with van der Waals surface area (Å²) < 4.78 is 1.47. The minimum Gasteiger partial charge on any atom is -0.508 e. The summed E-state index contributed by atoms with van der Waals surface area (Å²) in [7, 11) is 0. The first-order chi connectivity index (χ1) is 8.66. The van der Waals surface area contributed by atoms with Gasteiger partial charge in [-0.3, -0.25) is 4.57 Å². The average Bonchev–Trinajstić information content (AvgIpc) is 2.67. The normalized spacial score (nSPS) is 10.9. The molecule has 0 saturated carbocycles. The minimum absolute atomic E-state index is 0.107. The number of phenols is 1. The summed E-state index contributed by atoms with van der Waals surface area (Å²) in [5.74, 6) is 0.107. The average molecular weight is 261 g/mol. The standard InChI is InChI=1S/C13H9ClN2O2/c14-10-5-2-6-11-12(10)15-13(18)16(11)8-3-1-4-9(17)7-8/h1-7,17H,(H,15,18). The first-order valence-electron chi connectivity index (χ1n) is 5.35. The molecule has 2 N–H and O–H groups in total. The monoisotopic (exact) mass is 260 g/mol. The number of H-pyrrole nitrogens is 1. The molecule has 1 heterocycles. The molecule has 0 aliphatic rings. The lowest BCUT2D eigenvalue weighted by molar-refractivity contribution is 0.475. The maximum Gasteiger partial charge on any atom is 0.331 e. The number of halogens is 1. The molecule has 90 valence electrons. The fraction of sp³-hybridized carbons (Fsp3) is 0. The van der Waals surface area contributed by atoms with Crippen LogP contribution in [0, 0.1) is 0 Å². The molecule has 0 aliphatic heterocycles. The van der Waals surface area contributed by atoms with Crippen molar-refractivity contribution in [2.45, 2.75) is 0 Å². The van der Waals surface area contributed by atoms with E-state index in [1.807, 2.05) is 0 Å². The van der Waals surface area contributed by atoms with Crippen molar-refractivity contribution in [1.29, 1.82) is 0 Å². The van der Waals surface area contributed by atoms with Crippen LogP contribution in [0.5, 0.6) is 5.75 Å². The summed E-state index contributed by atoms with van der Waals surface area (Å²) in [4.78, 5) is 14.7. The molecule has 3 rings (SSSR count). The number of benzene rings is 2. The molecule has 4 nitrogen and oxygen atoms in total. The number of rotatable bonds is 1. The van der Waals surface area contributed by atoms with Gasteiger partial charge in [-0.1, -0.05) is 23.7 Å². The van der Waals surface area contributed by atoms with E-state index < -0.39 is 0 Å². The molecular formula is C13H9ClN2O2. The Morgan fingerprint density at radius 3 is 2.72 bits per heavy atom. The van der Waals surface area contributed by atoms with Crippen LogP contribution in [0.25, 0.3) is 16.7 Å². The Hall–Kier alpha value is -2.20. The lowest BCUT2D eigenvalue weighted by atomic mass is 10.2. The van der Waals surface area contributed by atoms with Crippen molar-refractivity contribution in [3.8, 4) is 11.4 Å². The summed E-state index contributed by atoms with van der Waals surface area (Å²) in [6, 6.07) is 11.8. The maximum atomic E-state index is 12.0. The SMILES string of the molecule is O=c1[nH]c2c(Cl)cccc2n1-c1cccc(O)c1. The summed E-state index contributed by atoms with van der Waals surface area (Å²) in [5.41, 5.74) is 1.57. The predicted octanol–water partition coefficient (Wildman–Crippen LogP) is 2.68. The van der Waals surface area contributed by atoms with Crippen LogP contribution in [0.3, 0.4) is 0 Å². The van der Waals surface area contributed by atoms with E-state index in [0.29, 0.717) is 21.7 Å². The van der Waals surface area contributed by atoms with Crippen LogP contribution in [-0.2, 0) is 0 Å². The molecule has 18 heavy (non-hydrogen) atoms. The molecule has 3 aromatic rings. The van der Waals surface area contributed by atoms with E-state index in [9.17, 15) is 9.90 Å². The van der Waals surface area contributed by atoms with Crippen molar-refractivity contribution in [3.05, 3.63) is 58.0 Å². The molecule has 5 heteroatoms. The van der Waals surface area contributed by atoms with E-state index >= 15 is 0 Å². The lowest BCUT2D eigenvalue weighted by Crippen LogP contribution is -2.14. The zero-order valence-corrected chi connectivity index (χ0v) is 9.98. The van der Waals surface area contributed by atoms with E-state index in [1.54, 1.807) is 36.4 Å². The number of phenolic OH excluding ortho intramolecular Hbond substituents is 1. The van der Waals surface area contributed by atoms with Crippen molar-refractivity contribution in [1.82, 2.24) is 9.55 Å². The van der Waals surface area contributed by atoms with Crippen LogP contribution in [0.15, 0.2) is 47.3 Å². The van der Waals surface area contributed by atoms with E-state index in [4.69, 9.17) is 11.6 Å². The number of para-hydroxylation sites is 1. The zero-order chi connectivity index (χ0) is 12.7. The molecule has 0 amide bonds. The second kappa shape index (κ2) is 3.92. The number of imidazole rings is 1. The smallest absolute Gasteiger partial charge is 0.331 e. The second-order valence-electron chi connectivity index (χ2n) is 3.92. The van der Waals surface area contributed by atoms with Gasteiger partial charge in [0.1, 0.15) is 5.75 Å². The van der Waals surface area contributed by atoms with Gasteiger partial charge >= 0.3 is 5.69 Å². The fourth-order valence-electron chi connectivity index (χ4n) is 1.98. The van der Waals surface area contributed by atoms with Gasteiger partial charge in [-0.15, -0.1) is 0 Å². The molecule has 0 fully saturated rings. The van der Waals surface area contributed by atoms with Gasteiger partial charge in [0, 0.05) is 6.07 Å². The van der Waals surface area contributed by atoms with Gasteiger partial charge in [0.15, 0.2) is 0 Å². The van der Waals surface area contributed by atoms with Crippen molar-refractivity contribution >= 4 is 22.6 Å². The Balaban J connectivity index is 2.39. The topological polar surface area (TPSA) is 58.0 Å². The Kier molecular flexibility index (Phi) is 2.38. The number of hydrogen-bond donors (Lipinski definition) is 2. The fourth-order valence-corrected chi connectivity index (χ4v) is 2.20. The molecule has 0 unspecified atom stereocenters. The number of hydrogen-bond acceptors (Lipinski definition) is 2. The maximum absolute atomic E-state index is 12.0. The summed E-state index contributed by atoms with van der Waals surface area (Å²) in [6.45, 7) is 0. The highest BCUT2D eigenvalue weighted by Gasteiger charge is 2.10. The van der Waals surface area contributed by atoms with Gasteiger partial charge in [-0.25, -0.2) is 4.79 Å². The molecule has 2 aromatic carbocycles. The van der Waals surface area contributed by atoms with E-state index in [1.165, 1.54) is 10.6 Å². The summed E-state index contributed by atoms with van der Waals surface area (Å²) >= 11 is 6.03. The predicted molar refractivity (Wildman–Crippen MR) is 70.6 cm³/mol. The number of fused-ring (bicyclic) bond motifs is 1. The van der Waals surface area contributed by atoms with Gasteiger partial charge in [-0.05, 0) is 24.3 Å². The summed E-state index contributed by atoms with van der Waals surface area (Å²) in [6.07, 6.45) is 0. The molecular weight excluding hydrogens is 252 g/mol. The number of aromatic amines is 1. The van der Waals surface area contributed by atoms with E-state index in [2.05, 4.69) is 4.98 Å². The molecule has 0 atom stereocenters. The van der Waals surface area contributed by atoms with Gasteiger partial charge in [0.2, 0.25) is 0 Å². The van der Waals surface area contributed by atoms with Gasteiger partial charge < -0.3 is 10.1 Å². The van der Waals surface area contributed by atoms with Crippen LogP contribution in [-0.4, -0.2) is 14.7 Å². The molecule has 0 bridgehead atoms.